The zero-order valence-electron chi connectivity index (χ0n) is 12.7. The monoisotopic (exact) mass is 303 g/mol. The van der Waals surface area contributed by atoms with Crippen LogP contribution in [0.2, 0.25) is 0 Å². The summed E-state index contributed by atoms with van der Waals surface area (Å²) in [5.41, 5.74) is 1.07. The van der Waals surface area contributed by atoms with Gasteiger partial charge < -0.3 is 18.9 Å². The van der Waals surface area contributed by atoms with Crippen molar-refractivity contribution in [1.82, 2.24) is 4.98 Å². The van der Waals surface area contributed by atoms with Crippen LogP contribution in [0.15, 0.2) is 36.5 Å². The van der Waals surface area contributed by atoms with Crippen molar-refractivity contribution in [3.8, 4) is 17.4 Å². The lowest BCUT2D eigenvalue weighted by Gasteiger charge is -2.11. The average molecular weight is 303 g/mol. The second kappa shape index (κ2) is 7.31. The van der Waals surface area contributed by atoms with E-state index in [2.05, 4.69) is 4.98 Å². The molecule has 1 heterocycles. The molecule has 0 aliphatic heterocycles. The summed E-state index contributed by atoms with van der Waals surface area (Å²) < 4.78 is 20.6. The van der Waals surface area contributed by atoms with Crippen LogP contribution in [0.1, 0.15) is 15.9 Å². The Kier molecular flexibility index (Phi) is 5.19. The number of aromatic nitrogens is 1. The Bertz CT molecular complexity index is 639. The van der Waals surface area contributed by atoms with Crippen molar-refractivity contribution in [3.63, 3.8) is 0 Å². The SMILES string of the molecule is COc1ccc(OC)c(COC(=O)c2ccc(OC)nc2)c1. The van der Waals surface area contributed by atoms with E-state index in [9.17, 15) is 4.79 Å². The highest BCUT2D eigenvalue weighted by molar-refractivity contribution is 5.89. The van der Waals surface area contributed by atoms with Crippen LogP contribution in [-0.2, 0) is 11.3 Å². The first-order chi connectivity index (χ1) is 10.7. The van der Waals surface area contributed by atoms with E-state index in [1.165, 1.54) is 13.3 Å². The van der Waals surface area contributed by atoms with Crippen molar-refractivity contribution in [3.05, 3.63) is 47.7 Å². The number of carbonyl (C=O) groups excluding carboxylic acids is 1. The molecule has 0 aliphatic rings. The molecule has 2 aromatic rings. The third-order valence-corrected chi connectivity index (χ3v) is 3.03. The Morgan fingerprint density at radius 3 is 2.45 bits per heavy atom. The first kappa shape index (κ1) is 15.6. The molecule has 0 saturated heterocycles. The summed E-state index contributed by atoms with van der Waals surface area (Å²) in [7, 11) is 4.64. The van der Waals surface area contributed by atoms with Gasteiger partial charge in [0.15, 0.2) is 0 Å². The van der Waals surface area contributed by atoms with Gasteiger partial charge in [-0.3, -0.25) is 0 Å². The van der Waals surface area contributed by atoms with E-state index in [0.29, 0.717) is 22.9 Å². The van der Waals surface area contributed by atoms with Gasteiger partial charge in [0.05, 0.1) is 26.9 Å². The quantitative estimate of drug-likeness (QED) is 0.764. The molecule has 0 amide bonds. The Labute approximate surface area is 128 Å². The predicted octanol–water partition coefficient (Wildman–Crippen LogP) is 2.46. The van der Waals surface area contributed by atoms with Crippen LogP contribution >= 0.6 is 0 Å². The van der Waals surface area contributed by atoms with Crippen molar-refractivity contribution >= 4 is 5.97 Å². The third-order valence-electron chi connectivity index (χ3n) is 3.03. The maximum absolute atomic E-state index is 12.0. The number of ether oxygens (including phenoxy) is 4. The van der Waals surface area contributed by atoms with Gasteiger partial charge in [0.2, 0.25) is 5.88 Å². The molecule has 0 atom stereocenters. The van der Waals surface area contributed by atoms with Crippen molar-refractivity contribution in [2.24, 2.45) is 0 Å². The van der Waals surface area contributed by atoms with E-state index in [4.69, 9.17) is 18.9 Å². The minimum Gasteiger partial charge on any atom is -0.497 e. The van der Waals surface area contributed by atoms with Crippen LogP contribution in [0, 0.1) is 0 Å². The Morgan fingerprint density at radius 1 is 1.05 bits per heavy atom. The van der Waals surface area contributed by atoms with Crippen LogP contribution in [0.25, 0.3) is 0 Å². The summed E-state index contributed by atoms with van der Waals surface area (Å²) in [5, 5.41) is 0. The van der Waals surface area contributed by atoms with Gasteiger partial charge >= 0.3 is 5.97 Å². The molecule has 6 nitrogen and oxygen atoms in total. The molecule has 0 spiro atoms. The standard InChI is InChI=1S/C16H17NO5/c1-19-13-5-6-14(20-2)12(8-13)10-22-16(18)11-4-7-15(21-3)17-9-11/h4-9H,10H2,1-3H3. The molecule has 0 radical (unpaired) electrons. The summed E-state index contributed by atoms with van der Waals surface area (Å²) in [6, 6.07) is 8.49. The van der Waals surface area contributed by atoms with E-state index >= 15 is 0 Å². The summed E-state index contributed by atoms with van der Waals surface area (Å²) in [6.45, 7) is 0.0746. The summed E-state index contributed by atoms with van der Waals surface area (Å²) in [6.07, 6.45) is 1.41. The second-order valence-electron chi connectivity index (χ2n) is 4.34. The van der Waals surface area contributed by atoms with Gasteiger partial charge in [0.25, 0.3) is 0 Å². The number of nitrogens with zero attached hydrogens (tertiary/aromatic N) is 1. The Hall–Kier alpha value is -2.76. The fraction of sp³-hybridized carbons (Fsp3) is 0.250. The Balaban J connectivity index is 2.06. The van der Waals surface area contributed by atoms with E-state index in [1.807, 2.05) is 0 Å². The highest BCUT2D eigenvalue weighted by atomic mass is 16.5. The fourth-order valence-electron chi connectivity index (χ4n) is 1.84. The van der Waals surface area contributed by atoms with E-state index < -0.39 is 5.97 Å². The molecule has 116 valence electrons. The first-order valence-electron chi connectivity index (χ1n) is 6.56. The molecule has 1 aromatic heterocycles. The summed E-state index contributed by atoms with van der Waals surface area (Å²) in [5.74, 6) is 1.26. The fourth-order valence-corrected chi connectivity index (χ4v) is 1.84. The lowest BCUT2D eigenvalue weighted by Crippen LogP contribution is -2.07. The number of hydrogen-bond donors (Lipinski definition) is 0. The number of hydrogen-bond acceptors (Lipinski definition) is 6. The van der Waals surface area contributed by atoms with Gasteiger partial charge in [-0.15, -0.1) is 0 Å². The molecule has 0 unspecified atom stereocenters. The Morgan fingerprint density at radius 2 is 1.86 bits per heavy atom. The van der Waals surface area contributed by atoms with Crippen LogP contribution in [0.4, 0.5) is 0 Å². The normalized spacial score (nSPS) is 9.95. The van der Waals surface area contributed by atoms with E-state index in [0.717, 1.165) is 5.56 Å². The van der Waals surface area contributed by atoms with Gasteiger partial charge in [-0.25, -0.2) is 9.78 Å². The lowest BCUT2D eigenvalue weighted by atomic mass is 10.2. The maximum atomic E-state index is 12.0. The largest absolute Gasteiger partial charge is 0.497 e. The molecule has 0 bridgehead atoms. The molecule has 6 heteroatoms. The minimum absolute atomic E-state index is 0.0746. The topological polar surface area (TPSA) is 66.9 Å². The zero-order valence-corrected chi connectivity index (χ0v) is 12.7. The first-order valence-corrected chi connectivity index (χ1v) is 6.56. The molecule has 0 fully saturated rings. The van der Waals surface area contributed by atoms with Gasteiger partial charge in [0.1, 0.15) is 18.1 Å². The number of rotatable bonds is 6. The van der Waals surface area contributed by atoms with E-state index in [-0.39, 0.29) is 6.61 Å². The molecule has 0 saturated carbocycles. The summed E-state index contributed by atoms with van der Waals surface area (Å²) >= 11 is 0. The number of methoxy groups -OCH3 is 3. The van der Waals surface area contributed by atoms with Crippen LogP contribution in [-0.4, -0.2) is 32.3 Å². The van der Waals surface area contributed by atoms with Crippen molar-refractivity contribution in [2.45, 2.75) is 6.61 Å². The molecule has 0 N–H and O–H groups in total. The molecule has 2 rings (SSSR count). The molecular weight excluding hydrogens is 286 g/mol. The highest BCUT2D eigenvalue weighted by Gasteiger charge is 2.11. The van der Waals surface area contributed by atoms with Crippen LogP contribution in [0.3, 0.4) is 0 Å². The van der Waals surface area contributed by atoms with Crippen LogP contribution < -0.4 is 14.2 Å². The van der Waals surface area contributed by atoms with E-state index in [1.54, 1.807) is 44.6 Å². The number of esters is 1. The van der Waals surface area contributed by atoms with Gasteiger partial charge in [-0.05, 0) is 24.3 Å². The zero-order chi connectivity index (χ0) is 15.9. The number of carbonyl (C=O) groups is 1. The second-order valence-corrected chi connectivity index (χ2v) is 4.34. The third kappa shape index (κ3) is 3.66. The lowest BCUT2D eigenvalue weighted by molar-refractivity contribution is 0.0469. The molecule has 22 heavy (non-hydrogen) atoms. The number of benzene rings is 1. The minimum atomic E-state index is -0.472. The van der Waals surface area contributed by atoms with Crippen molar-refractivity contribution < 1.29 is 23.7 Å². The summed E-state index contributed by atoms with van der Waals surface area (Å²) in [4.78, 5) is 16.0. The van der Waals surface area contributed by atoms with Crippen LogP contribution in [0.5, 0.6) is 17.4 Å². The number of pyridine rings is 1. The molecule has 0 aliphatic carbocycles. The molecule has 1 aromatic carbocycles. The smallest absolute Gasteiger partial charge is 0.340 e. The highest BCUT2D eigenvalue weighted by Crippen LogP contribution is 2.24. The van der Waals surface area contributed by atoms with Crippen molar-refractivity contribution in [2.75, 3.05) is 21.3 Å². The average Bonchev–Trinajstić information content (AvgIpc) is 2.59. The predicted molar refractivity (Wildman–Crippen MR) is 79.5 cm³/mol. The van der Waals surface area contributed by atoms with Gasteiger partial charge in [-0.1, -0.05) is 0 Å². The van der Waals surface area contributed by atoms with Crippen molar-refractivity contribution in [1.29, 1.82) is 0 Å². The van der Waals surface area contributed by atoms with Gasteiger partial charge in [0, 0.05) is 17.8 Å². The maximum Gasteiger partial charge on any atom is 0.340 e. The molecular formula is C16H17NO5. The van der Waals surface area contributed by atoms with Gasteiger partial charge in [-0.2, -0.15) is 0 Å².